The molecule has 34 heavy (non-hydrogen) atoms. The first-order valence-corrected chi connectivity index (χ1v) is 12.3. The van der Waals surface area contributed by atoms with Gasteiger partial charge in [0, 0.05) is 43.1 Å². The first-order chi connectivity index (χ1) is 15.9. The molecule has 0 aliphatic rings. The van der Waals surface area contributed by atoms with Crippen LogP contribution < -0.4 is 14.9 Å². The SMILES string of the molecule is Cc1cc(CCl)ccc1Nc1ncc(C(F)(F)F)c(NCc2cccnc2N(C)S(C)(=O)=O)n1. The van der Waals surface area contributed by atoms with E-state index >= 15 is 0 Å². The van der Waals surface area contributed by atoms with Crippen LogP contribution in [0.25, 0.3) is 0 Å². The smallest absolute Gasteiger partial charge is 0.365 e. The van der Waals surface area contributed by atoms with Gasteiger partial charge in [0.1, 0.15) is 17.2 Å². The van der Waals surface area contributed by atoms with Gasteiger partial charge in [-0.1, -0.05) is 18.2 Å². The number of hydrogen-bond acceptors (Lipinski definition) is 7. The van der Waals surface area contributed by atoms with Gasteiger partial charge in [0.2, 0.25) is 16.0 Å². The number of halogens is 4. The van der Waals surface area contributed by atoms with Crippen LogP contribution in [-0.4, -0.2) is 36.7 Å². The van der Waals surface area contributed by atoms with Crippen LogP contribution in [0, 0.1) is 6.92 Å². The lowest BCUT2D eigenvalue weighted by atomic mass is 10.1. The maximum atomic E-state index is 13.6. The highest BCUT2D eigenvalue weighted by Gasteiger charge is 2.35. The van der Waals surface area contributed by atoms with E-state index in [2.05, 4.69) is 25.6 Å². The second-order valence-corrected chi connectivity index (χ2v) is 9.71. The minimum atomic E-state index is -4.71. The van der Waals surface area contributed by atoms with Gasteiger partial charge in [-0.15, -0.1) is 11.6 Å². The van der Waals surface area contributed by atoms with Gasteiger partial charge in [-0.3, -0.25) is 4.31 Å². The molecule has 0 radical (unpaired) electrons. The van der Waals surface area contributed by atoms with Crippen molar-refractivity contribution < 1.29 is 21.6 Å². The molecule has 0 amide bonds. The van der Waals surface area contributed by atoms with E-state index in [0.717, 1.165) is 21.7 Å². The number of alkyl halides is 4. The predicted octanol–water partition coefficient (Wildman–Crippen LogP) is 4.69. The number of sulfonamides is 1. The summed E-state index contributed by atoms with van der Waals surface area (Å²) in [6.07, 6.45) is -1.62. The number of anilines is 4. The molecule has 0 aliphatic carbocycles. The lowest BCUT2D eigenvalue weighted by Crippen LogP contribution is -2.27. The van der Waals surface area contributed by atoms with E-state index in [-0.39, 0.29) is 18.3 Å². The Balaban J connectivity index is 1.92. The maximum absolute atomic E-state index is 13.6. The largest absolute Gasteiger partial charge is 0.421 e. The number of nitrogens with zero attached hydrogens (tertiary/aromatic N) is 4. The molecule has 0 spiro atoms. The number of aryl methyl sites for hydroxylation is 1. The molecule has 0 atom stereocenters. The Bertz CT molecular complexity index is 1290. The van der Waals surface area contributed by atoms with Gasteiger partial charge in [0.15, 0.2) is 0 Å². The summed E-state index contributed by atoms with van der Waals surface area (Å²) >= 11 is 5.83. The number of nitrogens with one attached hydrogen (secondary N) is 2. The topological polar surface area (TPSA) is 100 Å². The fourth-order valence-corrected chi connectivity index (χ4v) is 3.69. The van der Waals surface area contributed by atoms with Crippen molar-refractivity contribution in [1.29, 1.82) is 0 Å². The molecule has 0 fully saturated rings. The highest BCUT2D eigenvalue weighted by atomic mass is 35.5. The predicted molar refractivity (Wildman–Crippen MR) is 126 cm³/mol. The van der Waals surface area contributed by atoms with Gasteiger partial charge in [-0.2, -0.15) is 18.2 Å². The molecule has 13 heteroatoms. The third-order valence-corrected chi connectivity index (χ3v) is 6.37. The zero-order valence-electron chi connectivity index (χ0n) is 18.5. The third-order valence-electron chi connectivity index (χ3n) is 4.90. The molecule has 3 rings (SSSR count). The minimum absolute atomic E-state index is 0.0445. The lowest BCUT2D eigenvalue weighted by molar-refractivity contribution is -0.137. The molecule has 0 saturated heterocycles. The fourth-order valence-electron chi connectivity index (χ4n) is 3.04. The van der Waals surface area contributed by atoms with E-state index in [1.165, 1.54) is 13.2 Å². The first kappa shape index (κ1) is 25.5. The van der Waals surface area contributed by atoms with E-state index < -0.39 is 27.6 Å². The van der Waals surface area contributed by atoms with Crippen molar-refractivity contribution in [3.8, 4) is 0 Å². The van der Waals surface area contributed by atoms with Crippen LogP contribution in [0.15, 0.2) is 42.7 Å². The van der Waals surface area contributed by atoms with Crippen molar-refractivity contribution in [2.75, 3.05) is 28.2 Å². The molecular weight excluding hydrogens is 493 g/mol. The average Bonchev–Trinajstić information content (AvgIpc) is 2.77. The Labute approximate surface area is 200 Å². The summed E-state index contributed by atoms with van der Waals surface area (Å²) in [7, 11) is -2.31. The van der Waals surface area contributed by atoms with Crippen LogP contribution in [0.2, 0.25) is 0 Å². The highest BCUT2D eigenvalue weighted by Crippen LogP contribution is 2.35. The summed E-state index contributed by atoms with van der Waals surface area (Å²) < 4.78 is 65.5. The van der Waals surface area contributed by atoms with Crippen LogP contribution in [0.5, 0.6) is 0 Å². The molecule has 8 nitrogen and oxygen atoms in total. The van der Waals surface area contributed by atoms with E-state index in [9.17, 15) is 21.6 Å². The monoisotopic (exact) mass is 514 g/mol. The second kappa shape index (κ2) is 10.0. The molecule has 0 saturated carbocycles. The van der Waals surface area contributed by atoms with Gasteiger partial charge in [0.25, 0.3) is 0 Å². The van der Waals surface area contributed by atoms with Gasteiger partial charge < -0.3 is 10.6 Å². The zero-order valence-corrected chi connectivity index (χ0v) is 20.1. The Morgan fingerprint density at radius 3 is 2.53 bits per heavy atom. The molecule has 0 aliphatic heterocycles. The Hall–Kier alpha value is -3.12. The molecule has 2 aromatic heterocycles. The summed E-state index contributed by atoms with van der Waals surface area (Å²) in [5, 5.41) is 5.57. The van der Waals surface area contributed by atoms with Crippen LogP contribution in [0.3, 0.4) is 0 Å². The normalized spacial score (nSPS) is 11.9. The molecule has 2 N–H and O–H groups in total. The van der Waals surface area contributed by atoms with E-state index in [4.69, 9.17) is 11.6 Å². The van der Waals surface area contributed by atoms with Crippen LogP contribution in [0.4, 0.5) is 36.4 Å². The standard InChI is InChI=1S/C21H22ClF3N6O2S/c1-13-9-14(10-22)6-7-17(13)29-20-28-12-16(21(23,24)25)18(30-20)27-11-15-5-4-8-26-19(15)31(2)34(3,32)33/h4-9,12H,10-11H2,1-3H3,(H2,27,28,29,30). The first-order valence-electron chi connectivity index (χ1n) is 9.88. The van der Waals surface area contributed by atoms with Crippen molar-refractivity contribution >= 4 is 44.9 Å². The Morgan fingerprint density at radius 1 is 1.18 bits per heavy atom. The summed E-state index contributed by atoms with van der Waals surface area (Å²) in [6.45, 7) is 1.66. The molecule has 2 heterocycles. The summed E-state index contributed by atoms with van der Waals surface area (Å²) in [6, 6.07) is 8.49. The quantitative estimate of drug-likeness (QED) is 0.421. The molecule has 1 aromatic carbocycles. The lowest BCUT2D eigenvalue weighted by Gasteiger charge is -2.20. The number of benzene rings is 1. The second-order valence-electron chi connectivity index (χ2n) is 7.43. The number of aromatic nitrogens is 3. The number of pyridine rings is 1. The number of hydrogen-bond donors (Lipinski definition) is 2. The van der Waals surface area contributed by atoms with Crippen molar-refractivity contribution in [3.63, 3.8) is 0 Å². The molecule has 3 aromatic rings. The van der Waals surface area contributed by atoms with Gasteiger partial charge in [0.05, 0.1) is 6.26 Å². The van der Waals surface area contributed by atoms with Gasteiger partial charge in [-0.25, -0.2) is 18.4 Å². The minimum Gasteiger partial charge on any atom is -0.365 e. The van der Waals surface area contributed by atoms with Crippen LogP contribution >= 0.6 is 11.6 Å². The van der Waals surface area contributed by atoms with Crippen LogP contribution in [0.1, 0.15) is 22.3 Å². The highest BCUT2D eigenvalue weighted by molar-refractivity contribution is 7.92. The Morgan fingerprint density at radius 2 is 1.91 bits per heavy atom. The van der Waals surface area contributed by atoms with Crippen LogP contribution in [-0.2, 0) is 28.6 Å². The number of rotatable bonds is 8. The summed E-state index contributed by atoms with van der Waals surface area (Å²) in [5.41, 5.74) is 1.63. The molecule has 0 unspecified atom stereocenters. The third kappa shape index (κ3) is 6.06. The Kier molecular flexibility index (Phi) is 7.51. The van der Waals surface area contributed by atoms with Crippen molar-refractivity contribution in [1.82, 2.24) is 15.0 Å². The molecule has 0 bridgehead atoms. The van der Waals surface area contributed by atoms with Gasteiger partial charge in [-0.05, 0) is 30.2 Å². The van der Waals surface area contributed by atoms with E-state index in [1.54, 1.807) is 24.3 Å². The van der Waals surface area contributed by atoms with Gasteiger partial charge >= 0.3 is 6.18 Å². The summed E-state index contributed by atoms with van der Waals surface area (Å²) in [5.74, 6) is -0.0845. The molecule has 182 valence electrons. The average molecular weight is 515 g/mol. The molecular formula is C21H22ClF3N6O2S. The van der Waals surface area contributed by atoms with Crippen molar-refractivity contribution in [2.24, 2.45) is 0 Å². The van der Waals surface area contributed by atoms with E-state index in [0.29, 0.717) is 23.3 Å². The summed E-state index contributed by atoms with van der Waals surface area (Å²) in [4.78, 5) is 11.9. The zero-order chi connectivity index (χ0) is 25.1. The van der Waals surface area contributed by atoms with Crippen molar-refractivity contribution in [2.45, 2.75) is 25.5 Å². The van der Waals surface area contributed by atoms with Crippen molar-refractivity contribution in [3.05, 3.63) is 65.0 Å². The fraction of sp³-hybridized carbons (Fsp3) is 0.286. The van der Waals surface area contributed by atoms with E-state index in [1.807, 2.05) is 13.0 Å². The maximum Gasteiger partial charge on any atom is 0.421 e.